The minimum absolute atomic E-state index is 0.218. The molecule has 0 aromatic heterocycles. The van der Waals surface area contributed by atoms with Crippen molar-refractivity contribution in [1.82, 2.24) is 5.43 Å². The summed E-state index contributed by atoms with van der Waals surface area (Å²) in [5.74, 6) is -1.15. The first-order valence-electron chi connectivity index (χ1n) is 10.1. The number of carbonyl (C=O) groups is 2. The summed E-state index contributed by atoms with van der Waals surface area (Å²) in [5.41, 5.74) is 4.06. The molecule has 34 heavy (non-hydrogen) atoms. The second-order valence-corrected chi connectivity index (χ2v) is 8.61. The molecule has 0 saturated carbocycles. The number of rotatable bonds is 8. The summed E-state index contributed by atoms with van der Waals surface area (Å²) in [6.45, 7) is 2.45. The van der Waals surface area contributed by atoms with E-state index in [0.717, 1.165) is 10.0 Å². The molecule has 0 aliphatic carbocycles. The molecule has 0 heterocycles. The zero-order valence-electron chi connectivity index (χ0n) is 18.0. The Bertz CT molecular complexity index is 1190. The number of nitrogens with one attached hydrogen (secondary N) is 2. The fourth-order valence-corrected chi connectivity index (χ4v) is 3.58. The lowest BCUT2D eigenvalue weighted by Gasteiger charge is -2.14. The average Bonchev–Trinajstić information content (AvgIpc) is 2.81. The van der Waals surface area contributed by atoms with Crippen LogP contribution >= 0.6 is 31.9 Å². The molecule has 2 N–H and O–H groups in total. The van der Waals surface area contributed by atoms with Crippen molar-refractivity contribution in [2.45, 2.75) is 13.5 Å². The molecule has 3 aromatic rings. The number of hydrazone groups is 1. The number of anilines is 1. The molecule has 3 aromatic carbocycles. The standard InChI is InChI=1S/C24H20Br2FN3O4/c1-2-33-21-12-16(11-20(26)22(21)34-14-15-3-7-18(27)8-4-15)13-28-30-24(32)23(31)29-19-9-5-17(25)6-10-19/h3-13H,2,14H2,1H3,(H,29,31)(H,30,32)/b28-13+. The summed E-state index contributed by atoms with van der Waals surface area (Å²) in [6, 6.07) is 16.2. The summed E-state index contributed by atoms with van der Waals surface area (Å²) in [4.78, 5) is 24.0. The van der Waals surface area contributed by atoms with Crippen LogP contribution in [-0.4, -0.2) is 24.6 Å². The third-order valence-electron chi connectivity index (χ3n) is 4.32. The van der Waals surface area contributed by atoms with Crippen molar-refractivity contribution in [3.8, 4) is 11.5 Å². The van der Waals surface area contributed by atoms with Gasteiger partial charge in [0, 0.05) is 10.2 Å². The number of carbonyl (C=O) groups excluding carboxylic acids is 2. The third-order valence-corrected chi connectivity index (χ3v) is 5.43. The lowest BCUT2D eigenvalue weighted by molar-refractivity contribution is -0.136. The van der Waals surface area contributed by atoms with Crippen LogP contribution in [0.4, 0.5) is 10.1 Å². The largest absolute Gasteiger partial charge is 0.490 e. The quantitative estimate of drug-likeness (QED) is 0.208. The van der Waals surface area contributed by atoms with Crippen LogP contribution in [0.25, 0.3) is 0 Å². The summed E-state index contributed by atoms with van der Waals surface area (Å²) in [7, 11) is 0. The highest BCUT2D eigenvalue weighted by Crippen LogP contribution is 2.37. The molecule has 2 amide bonds. The van der Waals surface area contributed by atoms with Gasteiger partial charge in [-0.05, 0) is 82.5 Å². The normalized spacial score (nSPS) is 10.7. The van der Waals surface area contributed by atoms with Crippen LogP contribution in [0.3, 0.4) is 0 Å². The van der Waals surface area contributed by atoms with E-state index < -0.39 is 11.8 Å². The molecule has 176 valence electrons. The lowest BCUT2D eigenvalue weighted by Crippen LogP contribution is -2.32. The maximum Gasteiger partial charge on any atom is 0.329 e. The Labute approximate surface area is 212 Å². The first kappa shape index (κ1) is 25.4. The Morgan fingerprint density at radius 2 is 1.71 bits per heavy atom. The zero-order valence-corrected chi connectivity index (χ0v) is 21.2. The first-order chi connectivity index (χ1) is 16.4. The Kier molecular flexibility index (Phi) is 9.17. The molecular weight excluding hydrogens is 573 g/mol. The second kappa shape index (κ2) is 12.3. The zero-order chi connectivity index (χ0) is 24.5. The van der Waals surface area contributed by atoms with Gasteiger partial charge >= 0.3 is 11.8 Å². The van der Waals surface area contributed by atoms with E-state index in [1.165, 1.54) is 18.3 Å². The summed E-state index contributed by atoms with van der Waals surface area (Å²) in [6.07, 6.45) is 1.38. The first-order valence-corrected chi connectivity index (χ1v) is 11.7. The molecule has 10 heteroatoms. The average molecular weight is 593 g/mol. The van der Waals surface area contributed by atoms with Gasteiger partial charge in [0.1, 0.15) is 12.4 Å². The predicted molar refractivity (Wildman–Crippen MR) is 135 cm³/mol. The molecule has 0 spiro atoms. The maximum absolute atomic E-state index is 13.1. The maximum atomic E-state index is 13.1. The van der Waals surface area contributed by atoms with Crippen LogP contribution < -0.4 is 20.2 Å². The van der Waals surface area contributed by atoms with Gasteiger partial charge < -0.3 is 14.8 Å². The number of benzene rings is 3. The Balaban J connectivity index is 1.64. The molecular formula is C24H20Br2FN3O4. The molecule has 0 aliphatic heterocycles. The topological polar surface area (TPSA) is 89.0 Å². The van der Waals surface area contributed by atoms with Crippen LogP contribution in [0.2, 0.25) is 0 Å². The van der Waals surface area contributed by atoms with E-state index in [4.69, 9.17) is 9.47 Å². The van der Waals surface area contributed by atoms with Gasteiger partial charge in [0.15, 0.2) is 11.5 Å². The van der Waals surface area contributed by atoms with Gasteiger partial charge in [-0.1, -0.05) is 28.1 Å². The molecule has 0 fully saturated rings. The minimum atomic E-state index is -0.914. The highest BCUT2D eigenvalue weighted by Gasteiger charge is 2.14. The van der Waals surface area contributed by atoms with E-state index >= 15 is 0 Å². The lowest BCUT2D eigenvalue weighted by atomic mass is 10.2. The van der Waals surface area contributed by atoms with Gasteiger partial charge in [0.25, 0.3) is 0 Å². The van der Waals surface area contributed by atoms with Crippen molar-refractivity contribution < 1.29 is 23.5 Å². The van der Waals surface area contributed by atoms with Gasteiger partial charge in [-0.3, -0.25) is 9.59 Å². The van der Waals surface area contributed by atoms with E-state index in [2.05, 4.69) is 47.7 Å². The fraction of sp³-hybridized carbons (Fsp3) is 0.125. The Morgan fingerprint density at radius 1 is 1.00 bits per heavy atom. The van der Waals surface area contributed by atoms with Crippen molar-refractivity contribution in [2.24, 2.45) is 5.10 Å². The number of halogens is 3. The van der Waals surface area contributed by atoms with E-state index in [1.54, 1.807) is 48.5 Å². The van der Waals surface area contributed by atoms with Gasteiger partial charge in [0.05, 0.1) is 17.3 Å². The Morgan fingerprint density at radius 3 is 2.38 bits per heavy atom. The van der Waals surface area contributed by atoms with Crippen molar-refractivity contribution in [3.63, 3.8) is 0 Å². The summed E-state index contributed by atoms with van der Waals surface area (Å²) < 4.78 is 26.1. The third kappa shape index (κ3) is 7.39. The molecule has 0 unspecified atom stereocenters. The van der Waals surface area contributed by atoms with Crippen molar-refractivity contribution in [1.29, 1.82) is 0 Å². The number of nitrogens with zero attached hydrogens (tertiary/aromatic N) is 1. The monoisotopic (exact) mass is 591 g/mol. The molecule has 0 bridgehead atoms. The Hall–Kier alpha value is -3.24. The van der Waals surface area contributed by atoms with Crippen LogP contribution in [0.1, 0.15) is 18.1 Å². The summed E-state index contributed by atoms with van der Waals surface area (Å²) in [5, 5.41) is 6.33. The smallest absolute Gasteiger partial charge is 0.329 e. The molecule has 0 aliphatic rings. The molecule has 7 nitrogen and oxygen atoms in total. The van der Waals surface area contributed by atoms with Crippen molar-refractivity contribution >= 4 is 55.6 Å². The number of hydrogen-bond donors (Lipinski definition) is 2. The SMILES string of the molecule is CCOc1cc(/C=N/NC(=O)C(=O)Nc2ccc(Br)cc2)cc(Br)c1OCc1ccc(F)cc1. The van der Waals surface area contributed by atoms with E-state index in [1.807, 2.05) is 6.92 Å². The number of amides is 2. The molecule has 0 saturated heterocycles. The fourth-order valence-electron chi connectivity index (χ4n) is 2.74. The number of hydrogen-bond acceptors (Lipinski definition) is 5. The molecule has 3 rings (SSSR count). The molecule has 0 radical (unpaired) electrons. The van der Waals surface area contributed by atoms with Gasteiger partial charge in [-0.25, -0.2) is 9.82 Å². The highest BCUT2D eigenvalue weighted by molar-refractivity contribution is 9.10. The van der Waals surface area contributed by atoms with Gasteiger partial charge in [-0.15, -0.1) is 0 Å². The molecule has 0 atom stereocenters. The van der Waals surface area contributed by atoms with E-state index in [0.29, 0.717) is 33.8 Å². The predicted octanol–water partition coefficient (Wildman–Crippen LogP) is 5.42. The van der Waals surface area contributed by atoms with Gasteiger partial charge in [-0.2, -0.15) is 5.10 Å². The van der Waals surface area contributed by atoms with Crippen LogP contribution in [-0.2, 0) is 16.2 Å². The highest BCUT2D eigenvalue weighted by atomic mass is 79.9. The number of ether oxygens (including phenoxy) is 2. The summed E-state index contributed by atoms with van der Waals surface area (Å²) >= 11 is 6.76. The van der Waals surface area contributed by atoms with Crippen molar-refractivity contribution in [2.75, 3.05) is 11.9 Å². The van der Waals surface area contributed by atoms with E-state index in [9.17, 15) is 14.0 Å². The van der Waals surface area contributed by atoms with E-state index in [-0.39, 0.29) is 12.4 Å². The second-order valence-electron chi connectivity index (χ2n) is 6.84. The van der Waals surface area contributed by atoms with Crippen molar-refractivity contribution in [3.05, 3.63) is 86.6 Å². The van der Waals surface area contributed by atoms with Crippen LogP contribution in [0.5, 0.6) is 11.5 Å². The minimum Gasteiger partial charge on any atom is -0.490 e. The van der Waals surface area contributed by atoms with Crippen LogP contribution in [0.15, 0.2) is 74.7 Å². The van der Waals surface area contributed by atoms with Crippen LogP contribution in [0, 0.1) is 5.82 Å². The van der Waals surface area contributed by atoms with Gasteiger partial charge in [0.2, 0.25) is 0 Å².